The normalized spacial score (nSPS) is 12.7. The van der Waals surface area contributed by atoms with Crippen LogP contribution in [0.15, 0.2) is 45.5 Å². The van der Waals surface area contributed by atoms with Gasteiger partial charge in [0.25, 0.3) is 0 Å². The summed E-state index contributed by atoms with van der Waals surface area (Å²) in [4.78, 5) is 0. The van der Waals surface area contributed by atoms with E-state index in [1.165, 1.54) is 18.4 Å². The van der Waals surface area contributed by atoms with E-state index in [0.29, 0.717) is 10.2 Å². The second kappa shape index (κ2) is 4.16. The molecule has 15 heavy (non-hydrogen) atoms. The molecule has 0 aliphatic heterocycles. The molecule has 78 valence electrons. The number of halogens is 2. The highest BCUT2D eigenvalue weighted by atomic mass is 79.9. The molecule has 0 radical (unpaired) electrons. The summed E-state index contributed by atoms with van der Waals surface area (Å²) in [5.41, 5.74) is 0.202. The van der Waals surface area contributed by atoms with Crippen LogP contribution in [0.3, 0.4) is 0 Å². The molecular formula is C11H8BrFO2. The summed E-state index contributed by atoms with van der Waals surface area (Å²) in [5, 5.41) is 9.80. The standard InChI is InChI=1S/C11H8BrFO2/c12-7-3-4-8(9(13)6-7)11(14)10-2-1-5-15-10/h1-6,11,14H. The van der Waals surface area contributed by atoms with E-state index >= 15 is 0 Å². The Kier molecular flexibility index (Phi) is 2.88. The fraction of sp³-hybridized carbons (Fsp3) is 0.0909. The van der Waals surface area contributed by atoms with E-state index in [-0.39, 0.29) is 5.56 Å². The summed E-state index contributed by atoms with van der Waals surface area (Å²) >= 11 is 3.15. The molecule has 0 aliphatic carbocycles. The van der Waals surface area contributed by atoms with Gasteiger partial charge in [0.1, 0.15) is 17.7 Å². The van der Waals surface area contributed by atoms with Crippen LogP contribution >= 0.6 is 15.9 Å². The molecule has 1 aromatic carbocycles. The summed E-state index contributed by atoms with van der Waals surface area (Å²) in [5.74, 6) is -0.135. The minimum Gasteiger partial charge on any atom is -0.466 e. The number of furan rings is 1. The first-order valence-corrected chi connectivity index (χ1v) is 5.14. The summed E-state index contributed by atoms with van der Waals surface area (Å²) in [6, 6.07) is 7.75. The molecule has 0 amide bonds. The fourth-order valence-electron chi connectivity index (χ4n) is 1.32. The van der Waals surface area contributed by atoms with Crippen LogP contribution in [0.25, 0.3) is 0 Å². The first kappa shape index (κ1) is 10.4. The monoisotopic (exact) mass is 270 g/mol. The van der Waals surface area contributed by atoms with Crippen molar-refractivity contribution in [2.24, 2.45) is 0 Å². The Morgan fingerprint density at radius 3 is 2.73 bits per heavy atom. The van der Waals surface area contributed by atoms with E-state index in [1.807, 2.05) is 0 Å². The Labute approximate surface area is 94.5 Å². The van der Waals surface area contributed by atoms with Gasteiger partial charge in [0.15, 0.2) is 0 Å². The highest BCUT2D eigenvalue weighted by molar-refractivity contribution is 9.10. The van der Waals surface area contributed by atoms with Gasteiger partial charge in [-0.2, -0.15) is 0 Å². The van der Waals surface area contributed by atoms with Crippen molar-refractivity contribution >= 4 is 15.9 Å². The predicted molar refractivity (Wildman–Crippen MR) is 56.9 cm³/mol. The van der Waals surface area contributed by atoms with Crippen molar-refractivity contribution in [3.8, 4) is 0 Å². The zero-order chi connectivity index (χ0) is 10.8. The molecule has 0 fully saturated rings. The van der Waals surface area contributed by atoms with E-state index in [2.05, 4.69) is 15.9 Å². The van der Waals surface area contributed by atoms with Crippen molar-refractivity contribution in [2.45, 2.75) is 6.10 Å². The van der Waals surface area contributed by atoms with Gasteiger partial charge in [0.05, 0.1) is 6.26 Å². The first-order chi connectivity index (χ1) is 7.18. The molecular weight excluding hydrogens is 263 g/mol. The van der Waals surface area contributed by atoms with Crippen molar-refractivity contribution in [1.29, 1.82) is 0 Å². The zero-order valence-corrected chi connectivity index (χ0v) is 9.24. The first-order valence-electron chi connectivity index (χ1n) is 4.35. The summed E-state index contributed by atoms with van der Waals surface area (Å²) in [6.07, 6.45) is 0.378. The molecule has 0 aliphatic rings. The van der Waals surface area contributed by atoms with Crippen molar-refractivity contribution in [2.75, 3.05) is 0 Å². The van der Waals surface area contributed by atoms with Crippen LogP contribution in [0.1, 0.15) is 17.4 Å². The molecule has 1 atom stereocenters. The number of rotatable bonds is 2. The Balaban J connectivity index is 2.38. The molecule has 2 rings (SSSR count). The third-order valence-electron chi connectivity index (χ3n) is 2.07. The number of hydrogen-bond donors (Lipinski definition) is 1. The molecule has 2 nitrogen and oxygen atoms in total. The van der Waals surface area contributed by atoms with Gasteiger partial charge in [-0.15, -0.1) is 0 Å². The van der Waals surface area contributed by atoms with Gasteiger partial charge in [-0.05, 0) is 24.3 Å². The van der Waals surface area contributed by atoms with Crippen LogP contribution in [0, 0.1) is 5.82 Å². The zero-order valence-electron chi connectivity index (χ0n) is 7.65. The van der Waals surface area contributed by atoms with Gasteiger partial charge in [0, 0.05) is 10.0 Å². The Bertz CT molecular complexity index is 454. The number of aliphatic hydroxyl groups is 1. The van der Waals surface area contributed by atoms with Crippen LogP contribution in [0.5, 0.6) is 0 Å². The second-order valence-corrected chi connectivity index (χ2v) is 4.00. The smallest absolute Gasteiger partial charge is 0.139 e. The third-order valence-corrected chi connectivity index (χ3v) is 2.56. The van der Waals surface area contributed by atoms with Crippen LogP contribution in [-0.4, -0.2) is 5.11 Å². The minimum absolute atomic E-state index is 0.202. The third kappa shape index (κ3) is 2.11. The maximum atomic E-state index is 13.5. The van der Waals surface area contributed by atoms with E-state index < -0.39 is 11.9 Å². The van der Waals surface area contributed by atoms with Crippen molar-refractivity contribution in [1.82, 2.24) is 0 Å². The van der Waals surface area contributed by atoms with Crippen molar-refractivity contribution < 1.29 is 13.9 Å². The van der Waals surface area contributed by atoms with Gasteiger partial charge < -0.3 is 9.52 Å². The van der Waals surface area contributed by atoms with Gasteiger partial charge in [0.2, 0.25) is 0 Å². The summed E-state index contributed by atoms with van der Waals surface area (Å²) in [7, 11) is 0. The second-order valence-electron chi connectivity index (χ2n) is 3.08. The number of hydrogen-bond acceptors (Lipinski definition) is 2. The quantitative estimate of drug-likeness (QED) is 0.909. The van der Waals surface area contributed by atoms with E-state index in [9.17, 15) is 9.50 Å². The van der Waals surface area contributed by atoms with E-state index in [0.717, 1.165) is 0 Å². The lowest BCUT2D eigenvalue weighted by atomic mass is 10.1. The predicted octanol–water partition coefficient (Wildman–Crippen LogP) is 3.26. The molecule has 0 bridgehead atoms. The van der Waals surface area contributed by atoms with Crippen LogP contribution in [0.4, 0.5) is 4.39 Å². The summed E-state index contributed by atoms with van der Waals surface area (Å²) in [6.45, 7) is 0. The molecule has 0 spiro atoms. The molecule has 1 heterocycles. The number of aliphatic hydroxyl groups excluding tert-OH is 1. The largest absolute Gasteiger partial charge is 0.466 e. The Hall–Kier alpha value is -1.13. The highest BCUT2D eigenvalue weighted by Gasteiger charge is 2.17. The summed E-state index contributed by atoms with van der Waals surface area (Å²) < 4.78 is 19.1. The number of benzene rings is 1. The molecule has 0 saturated carbocycles. The fourth-order valence-corrected chi connectivity index (χ4v) is 1.66. The van der Waals surface area contributed by atoms with Crippen LogP contribution in [0.2, 0.25) is 0 Å². The van der Waals surface area contributed by atoms with E-state index in [4.69, 9.17) is 4.42 Å². The average molecular weight is 271 g/mol. The lowest BCUT2D eigenvalue weighted by molar-refractivity contribution is 0.184. The Morgan fingerprint density at radius 2 is 2.13 bits per heavy atom. The molecule has 1 unspecified atom stereocenters. The average Bonchev–Trinajstić information content (AvgIpc) is 2.69. The Morgan fingerprint density at radius 1 is 1.33 bits per heavy atom. The maximum Gasteiger partial charge on any atom is 0.139 e. The molecule has 4 heteroatoms. The van der Waals surface area contributed by atoms with Crippen molar-refractivity contribution in [3.63, 3.8) is 0 Å². The van der Waals surface area contributed by atoms with Gasteiger partial charge >= 0.3 is 0 Å². The lowest BCUT2D eigenvalue weighted by Crippen LogP contribution is -2.01. The highest BCUT2D eigenvalue weighted by Crippen LogP contribution is 2.26. The molecule has 1 N–H and O–H groups in total. The van der Waals surface area contributed by atoms with Gasteiger partial charge in [-0.1, -0.05) is 22.0 Å². The van der Waals surface area contributed by atoms with Gasteiger partial charge in [-0.25, -0.2) is 4.39 Å². The lowest BCUT2D eigenvalue weighted by Gasteiger charge is -2.09. The van der Waals surface area contributed by atoms with Crippen LogP contribution < -0.4 is 0 Å². The molecule has 1 aromatic heterocycles. The van der Waals surface area contributed by atoms with Crippen molar-refractivity contribution in [3.05, 3.63) is 58.2 Å². The van der Waals surface area contributed by atoms with Crippen LogP contribution in [-0.2, 0) is 0 Å². The SMILES string of the molecule is OC(c1ccco1)c1ccc(Br)cc1F. The topological polar surface area (TPSA) is 33.4 Å². The molecule has 2 aromatic rings. The van der Waals surface area contributed by atoms with Gasteiger partial charge in [-0.3, -0.25) is 0 Å². The van der Waals surface area contributed by atoms with E-state index in [1.54, 1.807) is 18.2 Å². The molecule has 0 saturated heterocycles. The maximum absolute atomic E-state index is 13.5. The minimum atomic E-state index is -1.06.